The van der Waals surface area contributed by atoms with Gasteiger partial charge in [0.2, 0.25) is 0 Å². The van der Waals surface area contributed by atoms with E-state index in [1.54, 1.807) is 12.4 Å². The van der Waals surface area contributed by atoms with Gasteiger partial charge in [-0.15, -0.1) is 0 Å². The molecule has 0 unspecified atom stereocenters. The summed E-state index contributed by atoms with van der Waals surface area (Å²) in [5, 5.41) is 3.36. The summed E-state index contributed by atoms with van der Waals surface area (Å²) < 4.78 is 5.11. The molecule has 1 N–H and O–H groups in total. The Labute approximate surface area is 105 Å². The highest BCUT2D eigenvalue weighted by atomic mass is 32.2. The van der Waals surface area contributed by atoms with Crippen LogP contribution in [0.15, 0.2) is 17.6 Å². The number of alkyl carbamates (subject to hydrolysis) is 1. The van der Waals surface area contributed by atoms with Gasteiger partial charge in [0.1, 0.15) is 5.60 Å². The molecule has 1 amide bonds. The van der Waals surface area contributed by atoms with E-state index < -0.39 is 11.7 Å². The molecule has 1 aromatic rings. The molecule has 0 aliphatic carbocycles. The minimum atomic E-state index is -0.483. The van der Waals surface area contributed by atoms with E-state index in [1.165, 1.54) is 11.8 Å². The maximum atomic E-state index is 11.4. The highest BCUT2D eigenvalue weighted by Crippen LogP contribution is 2.08. The predicted molar refractivity (Wildman–Crippen MR) is 66.9 cm³/mol. The molecule has 0 spiro atoms. The van der Waals surface area contributed by atoms with Crippen LogP contribution in [0.1, 0.15) is 26.3 Å². The van der Waals surface area contributed by atoms with Gasteiger partial charge in [0, 0.05) is 24.5 Å². The molecule has 0 saturated heterocycles. The number of rotatable bonds is 3. The van der Waals surface area contributed by atoms with E-state index in [1.807, 2.05) is 27.0 Å². The first kappa shape index (κ1) is 13.8. The maximum Gasteiger partial charge on any atom is 0.407 e. The first-order valence-electron chi connectivity index (χ1n) is 5.22. The van der Waals surface area contributed by atoms with Crippen LogP contribution in [0, 0.1) is 0 Å². The Morgan fingerprint density at radius 1 is 1.41 bits per heavy atom. The first-order valence-corrected chi connectivity index (χ1v) is 6.45. The van der Waals surface area contributed by atoms with Crippen LogP contribution in [0.2, 0.25) is 0 Å². The molecular formula is C11H17N3O2S. The molecule has 6 heteroatoms. The molecule has 0 saturated carbocycles. The van der Waals surface area contributed by atoms with Crippen molar-refractivity contribution in [3.8, 4) is 0 Å². The second-order valence-electron chi connectivity index (χ2n) is 4.43. The summed E-state index contributed by atoms with van der Waals surface area (Å²) in [6.07, 6.45) is 4.85. The third-order valence-electron chi connectivity index (χ3n) is 1.70. The number of carbonyl (C=O) groups excluding carboxylic acids is 1. The Morgan fingerprint density at radius 3 is 2.47 bits per heavy atom. The van der Waals surface area contributed by atoms with Crippen molar-refractivity contribution in [1.82, 2.24) is 15.3 Å². The van der Waals surface area contributed by atoms with Crippen molar-refractivity contribution in [3.05, 3.63) is 18.0 Å². The summed E-state index contributed by atoms with van der Waals surface area (Å²) in [5.41, 5.74) is 0.359. The van der Waals surface area contributed by atoms with Crippen molar-refractivity contribution in [2.24, 2.45) is 0 Å². The topological polar surface area (TPSA) is 64.1 Å². The number of nitrogens with one attached hydrogen (secondary N) is 1. The smallest absolute Gasteiger partial charge is 0.407 e. The number of carbonyl (C=O) groups is 1. The van der Waals surface area contributed by atoms with E-state index >= 15 is 0 Å². The van der Waals surface area contributed by atoms with E-state index in [-0.39, 0.29) is 0 Å². The third kappa shape index (κ3) is 5.53. The molecule has 0 bridgehead atoms. The molecule has 0 atom stereocenters. The van der Waals surface area contributed by atoms with Crippen molar-refractivity contribution in [1.29, 1.82) is 0 Å². The van der Waals surface area contributed by atoms with Gasteiger partial charge in [-0.25, -0.2) is 14.8 Å². The van der Waals surface area contributed by atoms with Gasteiger partial charge in [0.15, 0.2) is 5.16 Å². The van der Waals surface area contributed by atoms with Crippen molar-refractivity contribution >= 4 is 17.9 Å². The van der Waals surface area contributed by atoms with E-state index in [4.69, 9.17) is 4.74 Å². The second kappa shape index (κ2) is 5.86. The summed E-state index contributed by atoms with van der Waals surface area (Å²) >= 11 is 1.48. The Bertz CT molecular complexity index is 373. The Hall–Kier alpha value is -1.30. The number of thioether (sulfide) groups is 1. The fourth-order valence-corrected chi connectivity index (χ4v) is 1.34. The minimum absolute atomic E-state index is 0.365. The zero-order valence-corrected chi connectivity index (χ0v) is 11.3. The zero-order valence-electron chi connectivity index (χ0n) is 10.5. The standard InChI is InChI=1S/C11H17N3O2S/c1-11(2,3)16-10(15)14-7-8-5-12-9(17-4)13-6-8/h5-6H,7H2,1-4H3,(H,14,15). The Kier molecular flexibility index (Phi) is 4.74. The van der Waals surface area contributed by atoms with E-state index in [0.29, 0.717) is 11.7 Å². The molecule has 0 aromatic carbocycles. The van der Waals surface area contributed by atoms with Gasteiger partial charge >= 0.3 is 6.09 Å². The Balaban J connectivity index is 2.42. The predicted octanol–water partition coefficient (Wildman–Crippen LogP) is 2.22. The Morgan fingerprint density at radius 2 is 2.00 bits per heavy atom. The fourth-order valence-electron chi connectivity index (χ4n) is 1.03. The second-order valence-corrected chi connectivity index (χ2v) is 5.21. The molecule has 5 nitrogen and oxygen atoms in total. The van der Waals surface area contributed by atoms with Crippen LogP contribution in [0.5, 0.6) is 0 Å². The maximum absolute atomic E-state index is 11.4. The molecule has 1 rings (SSSR count). The number of amides is 1. The lowest BCUT2D eigenvalue weighted by atomic mass is 10.2. The van der Waals surface area contributed by atoms with E-state index in [0.717, 1.165) is 5.56 Å². The molecule has 1 heterocycles. The summed E-state index contributed by atoms with van der Waals surface area (Å²) in [5.74, 6) is 0. The quantitative estimate of drug-likeness (QED) is 0.662. The number of ether oxygens (including phenoxy) is 1. The highest BCUT2D eigenvalue weighted by Gasteiger charge is 2.15. The molecule has 0 aliphatic heterocycles. The van der Waals surface area contributed by atoms with Gasteiger partial charge in [-0.1, -0.05) is 11.8 Å². The lowest BCUT2D eigenvalue weighted by Gasteiger charge is -2.19. The molecule has 0 radical (unpaired) electrons. The molecule has 94 valence electrons. The summed E-state index contributed by atoms with van der Waals surface area (Å²) in [7, 11) is 0. The molecule has 17 heavy (non-hydrogen) atoms. The van der Waals surface area contributed by atoms with E-state index in [2.05, 4.69) is 15.3 Å². The highest BCUT2D eigenvalue weighted by molar-refractivity contribution is 7.98. The van der Waals surface area contributed by atoms with Crippen LogP contribution < -0.4 is 5.32 Å². The molecule has 0 aliphatic rings. The lowest BCUT2D eigenvalue weighted by molar-refractivity contribution is 0.0523. The van der Waals surface area contributed by atoms with E-state index in [9.17, 15) is 4.79 Å². The van der Waals surface area contributed by atoms with Crippen LogP contribution in [0.4, 0.5) is 4.79 Å². The zero-order chi connectivity index (χ0) is 12.9. The van der Waals surface area contributed by atoms with Crippen LogP contribution in [-0.2, 0) is 11.3 Å². The SMILES string of the molecule is CSc1ncc(CNC(=O)OC(C)(C)C)cn1. The van der Waals surface area contributed by atoms with Crippen molar-refractivity contribution in [2.45, 2.75) is 38.1 Å². The van der Waals surface area contributed by atoms with Crippen molar-refractivity contribution in [3.63, 3.8) is 0 Å². The number of hydrogen-bond donors (Lipinski definition) is 1. The third-order valence-corrected chi connectivity index (χ3v) is 2.28. The first-order chi connectivity index (χ1) is 7.90. The van der Waals surface area contributed by atoms with Gasteiger partial charge in [0.25, 0.3) is 0 Å². The average Bonchev–Trinajstić information content (AvgIpc) is 2.25. The van der Waals surface area contributed by atoms with Gasteiger partial charge < -0.3 is 10.1 Å². The van der Waals surface area contributed by atoms with Gasteiger partial charge in [-0.2, -0.15) is 0 Å². The fraction of sp³-hybridized carbons (Fsp3) is 0.545. The molecular weight excluding hydrogens is 238 g/mol. The average molecular weight is 255 g/mol. The van der Waals surface area contributed by atoms with Crippen molar-refractivity contribution < 1.29 is 9.53 Å². The number of aromatic nitrogens is 2. The van der Waals surface area contributed by atoms with Crippen LogP contribution in [0.25, 0.3) is 0 Å². The molecule has 0 fully saturated rings. The summed E-state index contributed by atoms with van der Waals surface area (Å²) in [6.45, 7) is 5.83. The van der Waals surface area contributed by atoms with Gasteiger partial charge in [0.05, 0.1) is 0 Å². The van der Waals surface area contributed by atoms with Gasteiger partial charge in [-0.3, -0.25) is 0 Å². The van der Waals surface area contributed by atoms with Gasteiger partial charge in [-0.05, 0) is 27.0 Å². The number of hydrogen-bond acceptors (Lipinski definition) is 5. The minimum Gasteiger partial charge on any atom is -0.444 e. The lowest BCUT2D eigenvalue weighted by Crippen LogP contribution is -2.32. The van der Waals surface area contributed by atoms with Crippen LogP contribution >= 0.6 is 11.8 Å². The largest absolute Gasteiger partial charge is 0.444 e. The monoisotopic (exact) mass is 255 g/mol. The van der Waals surface area contributed by atoms with Crippen LogP contribution in [-0.4, -0.2) is 27.9 Å². The number of nitrogens with zero attached hydrogens (tertiary/aromatic N) is 2. The molecule has 1 aromatic heterocycles. The van der Waals surface area contributed by atoms with Crippen LogP contribution in [0.3, 0.4) is 0 Å². The van der Waals surface area contributed by atoms with Crippen molar-refractivity contribution in [2.75, 3.05) is 6.26 Å². The summed E-state index contributed by atoms with van der Waals surface area (Å²) in [6, 6.07) is 0. The normalized spacial score (nSPS) is 11.1. The summed E-state index contributed by atoms with van der Waals surface area (Å²) in [4.78, 5) is 19.6.